The molecule has 1 aromatic carbocycles. The van der Waals surface area contributed by atoms with Crippen LogP contribution in [0.3, 0.4) is 0 Å². The minimum absolute atomic E-state index is 0. The Bertz CT molecular complexity index is 217. The maximum Gasteiger partial charge on any atom is 1.00 e. The van der Waals surface area contributed by atoms with Crippen molar-refractivity contribution in [2.45, 2.75) is 0 Å². The van der Waals surface area contributed by atoms with Gasteiger partial charge in [0.25, 0.3) is 0 Å². The van der Waals surface area contributed by atoms with Gasteiger partial charge in [0.15, 0.2) is 0 Å². The summed E-state index contributed by atoms with van der Waals surface area (Å²) in [6, 6.07) is 4.58. The van der Waals surface area contributed by atoms with Crippen LogP contribution in [0.2, 0.25) is 0 Å². The molecule has 52 valence electrons. The summed E-state index contributed by atoms with van der Waals surface area (Å²) in [5.74, 6) is -0.440. The Morgan fingerprint density at radius 1 is 1.00 bits per heavy atom. The SMILES string of the molecule is [K+].[K+].[O-]B([O-])c1ccc(F)cc1. The Labute approximate surface area is 156 Å². The standard InChI is InChI=1S/C6H4BFO2.2K/c8-6-3-1-5(2-4-6)7(9)10;;/h1-4H;;/q-2;2*+1. The second-order valence-electron chi connectivity index (χ2n) is 1.88. The van der Waals surface area contributed by atoms with E-state index in [-0.39, 0.29) is 108 Å². The van der Waals surface area contributed by atoms with E-state index in [0.717, 1.165) is 12.1 Å². The van der Waals surface area contributed by atoms with E-state index in [1.165, 1.54) is 12.1 Å². The van der Waals surface area contributed by atoms with Gasteiger partial charge in [0.05, 0.1) is 0 Å². The fourth-order valence-corrected chi connectivity index (χ4v) is 0.620. The van der Waals surface area contributed by atoms with Crippen LogP contribution in [0.5, 0.6) is 0 Å². The van der Waals surface area contributed by atoms with Gasteiger partial charge in [0, 0.05) is 0 Å². The number of hydrogen-bond donors (Lipinski definition) is 0. The molecule has 0 fully saturated rings. The van der Waals surface area contributed by atoms with Crippen LogP contribution >= 0.6 is 0 Å². The van der Waals surface area contributed by atoms with Gasteiger partial charge in [-0.15, -0.1) is 5.46 Å². The van der Waals surface area contributed by atoms with Crippen molar-refractivity contribution in [2.75, 3.05) is 0 Å². The average molecular weight is 216 g/mol. The number of benzene rings is 1. The summed E-state index contributed by atoms with van der Waals surface area (Å²) in [6.07, 6.45) is 0. The van der Waals surface area contributed by atoms with Crippen LogP contribution in [0.15, 0.2) is 24.3 Å². The third-order valence-electron chi connectivity index (χ3n) is 1.14. The molecule has 1 aromatic rings. The smallest absolute Gasteiger partial charge is 0.889 e. The molecule has 0 atom stereocenters. The van der Waals surface area contributed by atoms with Crippen molar-refractivity contribution in [1.29, 1.82) is 0 Å². The Balaban J connectivity index is 0. The summed E-state index contributed by atoms with van der Waals surface area (Å²) < 4.78 is 12.1. The van der Waals surface area contributed by atoms with E-state index in [4.69, 9.17) is 0 Å². The van der Waals surface area contributed by atoms with Crippen molar-refractivity contribution in [1.82, 2.24) is 0 Å². The maximum absolute atomic E-state index is 12.1. The van der Waals surface area contributed by atoms with Crippen LogP contribution in [-0.4, -0.2) is 7.12 Å². The summed E-state index contributed by atoms with van der Waals surface area (Å²) in [4.78, 5) is 0. The summed E-state index contributed by atoms with van der Waals surface area (Å²) >= 11 is 0. The summed E-state index contributed by atoms with van der Waals surface area (Å²) in [7, 11) is -2.01. The quantitative estimate of drug-likeness (QED) is 0.438. The zero-order valence-corrected chi connectivity index (χ0v) is 13.3. The molecular formula is C6H4BFK2O2. The summed E-state index contributed by atoms with van der Waals surface area (Å²) in [5.41, 5.74) is 0.0707. The number of hydrogen-bond acceptors (Lipinski definition) is 2. The van der Waals surface area contributed by atoms with Crippen molar-refractivity contribution in [3.63, 3.8) is 0 Å². The topological polar surface area (TPSA) is 46.1 Å². The Kier molecular flexibility index (Phi) is 12.2. The molecule has 0 heterocycles. The van der Waals surface area contributed by atoms with Crippen molar-refractivity contribution in [3.8, 4) is 0 Å². The normalized spacial score (nSPS) is 7.92. The van der Waals surface area contributed by atoms with Crippen molar-refractivity contribution < 1.29 is 117 Å². The molecule has 0 unspecified atom stereocenters. The van der Waals surface area contributed by atoms with Gasteiger partial charge in [-0.25, -0.2) is 4.39 Å². The van der Waals surface area contributed by atoms with Gasteiger partial charge in [-0.3, -0.25) is 0 Å². The first kappa shape index (κ1) is 16.8. The largest absolute Gasteiger partial charge is 1.00 e. The number of rotatable bonds is 1. The van der Waals surface area contributed by atoms with Crippen LogP contribution in [0, 0.1) is 5.82 Å². The van der Waals surface area contributed by atoms with Crippen molar-refractivity contribution in [3.05, 3.63) is 30.1 Å². The van der Waals surface area contributed by atoms with Gasteiger partial charge in [-0.2, -0.15) is 0 Å². The van der Waals surface area contributed by atoms with Crippen molar-refractivity contribution in [2.24, 2.45) is 0 Å². The minimum atomic E-state index is -2.01. The summed E-state index contributed by atoms with van der Waals surface area (Å²) in [6.45, 7) is 0. The summed E-state index contributed by atoms with van der Waals surface area (Å²) in [5, 5.41) is 20.3. The van der Waals surface area contributed by atoms with Crippen molar-refractivity contribution >= 4 is 12.6 Å². The zero-order chi connectivity index (χ0) is 7.56. The third kappa shape index (κ3) is 6.00. The minimum Gasteiger partial charge on any atom is -0.889 e. The average Bonchev–Trinajstić information content (AvgIpc) is 1.88. The van der Waals surface area contributed by atoms with Gasteiger partial charge in [0.2, 0.25) is 0 Å². The van der Waals surface area contributed by atoms with E-state index in [2.05, 4.69) is 0 Å². The molecule has 0 N–H and O–H groups in total. The molecule has 0 amide bonds. The van der Waals surface area contributed by atoms with Crippen LogP contribution < -0.4 is 118 Å². The van der Waals surface area contributed by atoms with Gasteiger partial charge in [-0.1, -0.05) is 19.3 Å². The first-order valence-corrected chi connectivity index (χ1v) is 2.77. The van der Waals surface area contributed by atoms with Gasteiger partial charge >= 0.3 is 103 Å². The van der Waals surface area contributed by atoms with Gasteiger partial charge in [-0.05, 0) is 12.1 Å². The first-order chi connectivity index (χ1) is 4.70. The Hall–Kier alpha value is 2.41. The Morgan fingerprint density at radius 2 is 1.42 bits per heavy atom. The van der Waals surface area contributed by atoms with Gasteiger partial charge < -0.3 is 10.0 Å². The number of halogens is 1. The molecule has 6 heteroatoms. The fraction of sp³-hybridized carbons (Fsp3) is 0. The van der Waals surface area contributed by atoms with E-state index < -0.39 is 12.9 Å². The van der Waals surface area contributed by atoms with E-state index >= 15 is 0 Å². The second-order valence-corrected chi connectivity index (χ2v) is 1.88. The Morgan fingerprint density at radius 3 is 1.75 bits per heavy atom. The van der Waals surface area contributed by atoms with E-state index in [0.29, 0.717) is 0 Å². The van der Waals surface area contributed by atoms with Crippen LogP contribution in [0.4, 0.5) is 4.39 Å². The van der Waals surface area contributed by atoms with Crippen LogP contribution in [0.25, 0.3) is 0 Å². The molecule has 0 saturated carbocycles. The molecule has 12 heavy (non-hydrogen) atoms. The molecule has 0 spiro atoms. The maximum atomic E-state index is 12.1. The van der Waals surface area contributed by atoms with E-state index in [1.54, 1.807) is 0 Å². The molecule has 0 bridgehead atoms. The van der Waals surface area contributed by atoms with Gasteiger partial charge in [0.1, 0.15) is 5.82 Å². The predicted molar refractivity (Wildman–Crippen MR) is 31.8 cm³/mol. The third-order valence-corrected chi connectivity index (χ3v) is 1.14. The molecule has 0 aliphatic heterocycles. The molecule has 1 rings (SSSR count). The predicted octanol–water partition coefficient (Wildman–Crippen LogP) is -7.75. The molecule has 2 nitrogen and oxygen atoms in total. The monoisotopic (exact) mass is 216 g/mol. The second kappa shape index (κ2) is 8.69. The molecule has 0 aliphatic carbocycles. The fourth-order valence-electron chi connectivity index (χ4n) is 0.620. The zero-order valence-electron chi connectivity index (χ0n) is 7.08. The molecule has 0 aliphatic rings. The molecule has 0 aromatic heterocycles. The van der Waals surface area contributed by atoms with Crippen LogP contribution in [0.1, 0.15) is 0 Å². The van der Waals surface area contributed by atoms with E-state index in [9.17, 15) is 14.4 Å². The molecule has 0 radical (unpaired) electrons. The molecular weight excluding hydrogens is 212 g/mol. The first-order valence-electron chi connectivity index (χ1n) is 2.77. The van der Waals surface area contributed by atoms with E-state index in [1.807, 2.05) is 0 Å². The van der Waals surface area contributed by atoms with Crippen LogP contribution in [-0.2, 0) is 0 Å². The molecule has 0 saturated heterocycles.